The Morgan fingerprint density at radius 1 is 1.16 bits per heavy atom. The molecule has 4 aliphatic rings. The molecule has 0 saturated heterocycles. The molecule has 4 rings (SSSR count). The monoisotopic (exact) mass is 408 g/mol. The molecule has 0 aromatic heterocycles. The summed E-state index contributed by atoms with van der Waals surface area (Å²) in [6.45, 7) is 4.54. The number of Topliss-reactive ketones (excluding diaryl/α,β-unsaturated/α-hetero) is 1. The van der Waals surface area contributed by atoms with Crippen LogP contribution in [-0.4, -0.2) is 27.6 Å². The minimum absolute atomic E-state index is 0.0400. The van der Waals surface area contributed by atoms with Crippen LogP contribution in [0.15, 0.2) is 11.6 Å². The molecule has 3 nitrogen and oxygen atoms in total. The van der Waals surface area contributed by atoms with Crippen molar-refractivity contribution < 1.29 is 14.7 Å². The summed E-state index contributed by atoms with van der Waals surface area (Å²) in [6.07, 6.45) is 9.28. The second-order valence-electron chi connectivity index (χ2n) is 9.38. The molecule has 0 aromatic rings. The summed E-state index contributed by atoms with van der Waals surface area (Å²) in [7, 11) is 0. The molecule has 0 spiro atoms. The maximum atomic E-state index is 12.5. The van der Waals surface area contributed by atoms with Gasteiger partial charge < -0.3 is 5.11 Å². The van der Waals surface area contributed by atoms with E-state index >= 15 is 0 Å². The van der Waals surface area contributed by atoms with Gasteiger partial charge in [-0.25, -0.2) is 0 Å². The van der Waals surface area contributed by atoms with Crippen molar-refractivity contribution in [2.24, 2.45) is 28.6 Å². The van der Waals surface area contributed by atoms with E-state index in [0.29, 0.717) is 36.4 Å². The van der Waals surface area contributed by atoms with Crippen LogP contribution < -0.4 is 0 Å². The number of carbonyl (C=O) groups excluding carboxylic acids is 2. The van der Waals surface area contributed by atoms with Crippen molar-refractivity contribution in [2.45, 2.75) is 70.8 Å². The maximum Gasteiger partial charge on any atom is 0.175 e. The first-order valence-corrected chi connectivity index (χ1v) is 10.9. The maximum absolute atomic E-state index is 12.5. The number of hydrogen-bond donors (Lipinski definition) is 1. The van der Waals surface area contributed by atoms with Gasteiger partial charge in [-0.15, -0.1) is 0 Å². The molecule has 4 heteroatoms. The minimum Gasteiger partial charge on any atom is -0.381 e. The zero-order valence-electron chi connectivity index (χ0n) is 15.3. The predicted molar refractivity (Wildman–Crippen MR) is 100 cm³/mol. The Kier molecular flexibility index (Phi) is 4.12. The Balaban J connectivity index is 1.68. The van der Waals surface area contributed by atoms with Gasteiger partial charge in [0.05, 0.1) is 5.33 Å². The topological polar surface area (TPSA) is 54.4 Å². The fourth-order valence-electron chi connectivity index (χ4n) is 7.14. The molecule has 1 N–H and O–H groups in total. The van der Waals surface area contributed by atoms with Crippen LogP contribution in [0.25, 0.3) is 0 Å². The van der Waals surface area contributed by atoms with Crippen LogP contribution in [0, 0.1) is 28.6 Å². The van der Waals surface area contributed by atoms with E-state index < -0.39 is 5.60 Å². The fourth-order valence-corrected chi connectivity index (χ4v) is 7.61. The normalized spacial score (nSPS) is 49.0. The summed E-state index contributed by atoms with van der Waals surface area (Å²) >= 11 is 3.28. The third-order valence-corrected chi connectivity index (χ3v) is 9.21. The highest BCUT2D eigenvalue weighted by Gasteiger charge is 2.65. The first-order chi connectivity index (χ1) is 11.8. The Bertz CT molecular complexity index is 656. The van der Waals surface area contributed by atoms with Crippen LogP contribution in [-0.2, 0) is 9.59 Å². The molecule has 0 aliphatic heterocycles. The van der Waals surface area contributed by atoms with Gasteiger partial charge in [-0.1, -0.05) is 35.4 Å². The Labute approximate surface area is 158 Å². The van der Waals surface area contributed by atoms with Crippen molar-refractivity contribution in [1.29, 1.82) is 0 Å². The summed E-state index contributed by atoms with van der Waals surface area (Å²) in [5.41, 5.74) is 0.0730. The zero-order valence-corrected chi connectivity index (χ0v) is 16.9. The minimum atomic E-state index is -1.16. The number of alkyl halides is 1. The van der Waals surface area contributed by atoms with E-state index in [0.717, 1.165) is 38.5 Å². The third kappa shape index (κ3) is 2.25. The molecular formula is C21H29BrO3. The number of carbonyl (C=O) groups is 2. The van der Waals surface area contributed by atoms with Gasteiger partial charge in [-0.3, -0.25) is 9.59 Å². The highest BCUT2D eigenvalue weighted by atomic mass is 79.9. The Morgan fingerprint density at radius 2 is 1.88 bits per heavy atom. The van der Waals surface area contributed by atoms with Crippen LogP contribution in [0.4, 0.5) is 0 Å². The summed E-state index contributed by atoms with van der Waals surface area (Å²) in [4.78, 5) is 24.4. The third-order valence-electron chi connectivity index (χ3n) is 8.70. The van der Waals surface area contributed by atoms with Gasteiger partial charge in [-0.2, -0.15) is 0 Å². The van der Waals surface area contributed by atoms with Crippen LogP contribution in [0.1, 0.15) is 65.2 Å². The SMILES string of the molecule is C[C@]12CCC(=O)C=C1CC[C@@H]1[C@H]2CC[C@@]2(C)[C@@H]1CC[C@]2(O)C(=O)CBr. The van der Waals surface area contributed by atoms with Crippen molar-refractivity contribution in [2.75, 3.05) is 5.33 Å². The Morgan fingerprint density at radius 3 is 2.60 bits per heavy atom. The van der Waals surface area contributed by atoms with Gasteiger partial charge in [0.1, 0.15) is 5.60 Å². The molecule has 0 amide bonds. The number of rotatable bonds is 2. The first kappa shape index (κ1) is 17.9. The summed E-state index contributed by atoms with van der Waals surface area (Å²) in [5.74, 6) is 1.85. The van der Waals surface area contributed by atoms with E-state index in [-0.39, 0.29) is 21.9 Å². The number of aliphatic hydroxyl groups is 1. The molecule has 0 heterocycles. The van der Waals surface area contributed by atoms with Gasteiger partial charge >= 0.3 is 0 Å². The standard InChI is InChI=1S/C21H29BrO3/c1-19-8-5-14(23)11-13(19)3-4-15-16(19)6-9-20(2)17(15)7-10-21(20,25)18(24)12-22/h11,15-17,25H,3-10,12H2,1-2H3/t15-,16-,17-,19+,20+,21+/m1/s1. The largest absolute Gasteiger partial charge is 0.381 e. The van der Waals surface area contributed by atoms with E-state index in [1.165, 1.54) is 5.57 Å². The van der Waals surface area contributed by atoms with E-state index in [4.69, 9.17) is 0 Å². The molecule has 25 heavy (non-hydrogen) atoms. The molecule has 0 bridgehead atoms. The van der Waals surface area contributed by atoms with Crippen LogP contribution in [0.3, 0.4) is 0 Å². The van der Waals surface area contributed by atoms with Crippen molar-refractivity contribution in [1.82, 2.24) is 0 Å². The molecule has 3 saturated carbocycles. The first-order valence-electron chi connectivity index (χ1n) is 9.82. The van der Waals surface area contributed by atoms with Crippen LogP contribution >= 0.6 is 15.9 Å². The van der Waals surface area contributed by atoms with Gasteiger partial charge in [0, 0.05) is 11.8 Å². The van der Waals surface area contributed by atoms with E-state index in [9.17, 15) is 14.7 Å². The summed E-state index contributed by atoms with van der Waals surface area (Å²) < 4.78 is 0. The lowest BCUT2D eigenvalue weighted by Crippen LogP contribution is -2.57. The second kappa shape index (κ2) is 5.76. The van der Waals surface area contributed by atoms with Gasteiger partial charge in [0.25, 0.3) is 0 Å². The smallest absolute Gasteiger partial charge is 0.175 e. The number of fused-ring (bicyclic) bond motifs is 5. The van der Waals surface area contributed by atoms with Crippen LogP contribution in [0.5, 0.6) is 0 Å². The van der Waals surface area contributed by atoms with Gasteiger partial charge in [0.2, 0.25) is 0 Å². The lowest BCUT2D eigenvalue weighted by molar-refractivity contribution is -0.159. The second-order valence-corrected chi connectivity index (χ2v) is 9.94. The molecule has 3 fully saturated rings. The number of hydrogen-bond acceptors (Lipinski definition) is 3. The lowest BCUT2D eigenvalue weighted by atomic mass is 9.46. The molecule has 0 unspecified atom stereocenters. The van der Waals surface area contributed by atoms with E-state index in [1.807, 2.05) is 6.08 Å². The lowest BCUT2D eigenvalue weighted by Gasteiger charge is -2.58. The number of ketones is 2. The van der Waals surface area contributed by atoms with Crippen LogP contribution in [0.2, 0.25) is 0 Å². The van der Waals surface area contributed by atoms with Gasteiger partial charge in [0.15, 0.2) is 11.6 Å². The average Bonchev–Trinajstić information content (AvgIpc) is 2.87. The van der Waals surface area contributed by atoms with Crippen molar-refractivity contribution in [3.8, 4) is 0 Å². The molecule has 0 aromatic carbocycles. The average molecular weight is 409 g/mol. The molecule has 138 valence electrons. The van der Waals surface area contributed by atoms with Crippen molar-refractivity contribution in [3.05, 3.63) is 11.6 Å². The molecule has 4 aliphatic carbocycles. The Hall–Kier alpha value is -0.480. The van der Waals surface area contributed by atoms with E-state index in [2.05, 4.69) is 29.8 Å². The number of halogens is 1. The predicted octanol–water partition coefficient (Wildman–Crippen LogP) is 4.21. The zero-order chi connectivity index (χ0) is 18.0. The molecular weight excluding hydrogens is 380 g/mol. The van der Waals surface area contributed by atoms with E-state index in [1.54, 1.807) is 0 Å². The quantitative estimate of drug-likeness (QED) is 0.695. The van der Waals surface area contributed by atoms with Crippen molar-refractivity contribution >= 4 is 27.5 Å². The molecule has 6 atom stereocenters. The summed E-state index contributed by atoms with van der Waals surface area (Å²) in [5, 5.41) is 11.5. The van der Waals surface area contributed by atoms with Crippen molar-refractivity contribution in [3.63, 3.8) is 0 Å². The molecule has 0 radical (unpaired) electrons. The highest BCUT2D eigenvalue weighted by Crippen LogP contribution is 2.67. The van der Waals surface area contributed by atoms with Gasteiger partial charge in [-0.05, 0) is 74.2 Å². The fraction of sp³-hybridized carbons (Fsp3) is 0.810. The highest BCUT2D eigenvalue weighted by molar-refractivity contribution is 9.09. The number of allylic oxidation sites excluding steroid dienone is 1. The summed E-state index contributed by atoms with van der Waals surface area (Å²) in [6, 6.07) is 0.